The van der Waals surface area contributed by atoms with E-state index in [2.05, 4.69) is 0 Å². The molecule has 24 heavy (non-hydrogen) atoms. The molecule has 3 rings (SSSR count). The Morgan fingerprint density at radius 1 is 1.21 bits per heavy atom. The number of hydrogen-bond acceptors (Lipinski definition) is 3. The molecule has 1 aliphatic carbocycles. The lowest BCUT2D eigenvalue weighted by molar-refractivity contribution is -0.901. The summed E-state index contributed by atoms with van der Waals surface area (Å²) >= 11 is 6.07. The maximum absolute atomic E-state index is 12.5. The van der Waals surface area contributed by atoms with E-state index in [1.54, 1.807) is 13.2 Å². The number of carbonyl (C=O) groups excluding carboxylic acids is 2. The standard InChI is InChI=1S/C18H21ClN2O3/c1-20(10-12-9-13(19)7-8-16(12)24-2)11-21-17(22)14-5-3-4-6-15(14)18(21)23/h3-4,7-9,14-15H,5-6,10-11H2,1-2H3/p+1/t14-,15-/m0/s1. The van der Waals surface area contributed by atoms with Crippen molar-refractivity contribution >= 4 is 23.4 Å². The normalized spacial score (nSPS) is 24.2. The lowest BCUT2D eigenvalue weighted by Crippen LogP contribution is -3.09. The SMILES string of the molecule is COc1ccc(Cl)cc1C[NH+](C)CN1C(=O)[C@H]2CC=CC[C@@H]2C1=O. The van der Waals surface area contributed by atoms with Gasteiger partial charge >= 0.3 is 0 Å². The first-order valence-corrected chi connectivity index (χ1v) is 8.53. The summed E-state index contributed by atoms with van der Waals surface area (Å²) in [5.41, 5.74) is 0.959. The first-order chi connectivity index (χ1) is 11.5. The van der Waals surface area contributed by atoms with Crippen molar-refractivity contribution in [2.75, 3.05) is 20.8 Å². The Morgan fingerprint density at radius 3 is 2.42 bits per heavy atom. The Hall–Kier alpha value is -1.85. The molecule has 0 bridgehead atoms. The molecule has 0 spiro atoms. The van der Waals surface area contributed by atoms with Crippen molar-refractivity contribution in [3.8, 4) is 5.75 Å². The molecule has 128 valence electrons. The number of likely N-dealkylation sites (tertiary alicyclic amines) is 1. The van der Waals surface area contributed by atoms with Crippen LogP contribution in [-0.2, 0) is 16.1 Å². The predicted octanol–water partition coefficient (Wildman–Crippen LogP) is 1.27. The molecule has 6 heteroatoms. The molecule has 1 heterocycles. The van der Waals surface area contributed by atoms with Crippen molar-refractivity contribution in [1.82, 2.24) is 4.90 Å². The Kier molecular flexibility index (Phi) is 4.92. The molecule has 5 nitrogen and oxygen atoms in total. The first kappa shape index (κ1) is 17.0. The second-order valence-corrected chi connectivity index (χ2v) is 6.94. The van der Waals surface area contributed by atoms with Crippen molar-refractivity contribution in [3.63, 3.8) is 0 Å². The van der Waals surface area contributed by atoms with Crippen LogP contribution >= 0.6 is 11.6 Å². The fraction of sp³-hybridized carbons (Fsp3) is 0.444. The number of fused-ring (bicyclic) bond motifs is 1. The molecule has 1 fully saturated rings. The van der Waals surface area contributed by atoms with Crippen LogP contribution in [0.5, 0.6) is 5.75 Å². The summed E-state index contributed by atoms with van der Waals surface area (Å²) in [5.74, 6) is 0.348. The monoisotopic (exact) mass is 349 g/mol. The minimum atomic E-state index is -0.170. The van der Waals surface area contributed by atoms with Crippen molar-refractivity contribution in [2.24, 2.45) is 11.8 Å². The second kappa shape index (κ2) is 6.95. The van der Waals surface area contributed by atoms with Gasteiger partial charge in [-0.3, -0.25) is 9.59 Å². The Bertz CT molecular complexity index is 663. The highest BCUT2D eigenvalue weighted by molar-refractivity contribution is 6.30. The van der Waals surface area contributed by atoms with Crippen molar-refractivity contribution in [3.05, 3.63) is 40.9 Å². The number of hydrogen-bond donors (Lipinski definition) is 1. The highest BCUT2D eigenvalue weighted by Gasteiger charge is 2.48. The molecule has 1 aromatic rings. The number of rotatable bonds is 5. The summed E-state index contributed by atoms with van der Waals surface area (Å²) < 4.78 is 5.36. The van der Waals surface area contributed by atoms with E-state index < -0.39 is 0 Å². The largest absolute Gasteiger partial charge is 0.496 e. The number of carbonyl (C=O) groups is 2. The number of allylic oxidation sites excluding steroid dienone is 2. The number of nitrogens with one attached hydrogen (secondary N) is 1. The van der Waals surface area contributed by atoms with E-state index in [0.29, 0.717) is 31.1 Å². The minimum Gasteiger partial charge on any atom is -0.496 e. The average Bonchev–Trinajstić information content (AvgIpc) is 2.80. The highest BCUT2D eigenvalue weighted by Crippen LogP contribution is 2.34. The number of amides is 2. The molecular weight excluding hydrogens is 328 g/mol. The zero-order valence-corrected chi connectivity index (χ0v) is 14.7. The second-order valence-electron chi connectivity index (χ2n) is 6.51. The number of nitrogens with zero attached hydrogens (tertiary/aromatic N) is 1. The van der Waals surface area contributed by atoms with Crippen LogP contribution in [-0.4, -0.2) is 37.5 Å². The van der Waals surface area contributed by atoms with E-state index in [-0.39, 0.29) is 23.7 Å². The molecule has 1 aliphatic heterocycles. The van der Waals surface area contributed by atoms with E-state index in [1.165, 1.54) is 4.90 Å². The number of methoxy groups -OCH3 is 1. The fourth-order valence-electron chi connectivity index (χ4n) is 3.56. The minimum absolute atomic E-state index is 0.0354. The van der Waals surface area contributed by atoms with Gasteiger partial charge in [-0.2, -0.15) is 0 Å². The lowest BCUT2D eigenvalue weighted by atomic mass is 9.85. The van der Waals surface area contributed by atoms with E-state index >= 15 is 0 Å². The third kappa shape index (κ3) is 3.19. The zero-order valence-electron chi connectivity index (χ0n) is 13.9. The summed E-state index contributed by atoms with van der Waals surface area (Å²) in [5, 5.41) is 0.643. The van der Waals surface area contributed by atoms with Crippen LogP contribution in [0.3, 0.4) is 0 Å². The number of benzene rings is 1. The number of quaternary nitrogens is 1. The number of ether oxygens (including phenoxy) is 1. The summed E-state index contributed by atoms with van der Waals surface area (Å²) in [6.45, 7) is 0.981. The molecule has 2 aliphatic rings. The smallest absolute Gasteiger partial charge is 0.237 e. The van der Waals surface area contributed by atoms with E-state index in [9.17, 15) is 9.59 Å². The van der Waals surface area contributed by atoms with Crippen LogP contribution in [0.4, 0.5) is 0 Å². The van der Waals surface area contributed by atoms with Gasteiger partial charge < -0.3 is 9.64 Å². The molecule has 0 saturated carbocycles. The molecule has 1 aromatic carbocycles. The number of halogens is 1. The van der Waals surface area contributed by atoms with Gasteiger partial charge in [-0.05, 0) is 31.0 Å². The van der Waals surface area contributed by atoms with E-state index in [0.717, 1.165) is 16.2 Å². The van der Waals surface area contributed by atoms with Gasteiger partial charge in [0.25, 0.3) is 0 Å². The van der Waals surface area contributed by atoms with Gasteiger partial charge in [0.15, 0.2) is 6.67 Å². The topological polar surface area (TPSA) is 51.1 Å². The van der Waals surface area contributed by atoms with Gasteiger partial charge in [-0.25, -0.2) is 4.90 Å². The number of imide groups is 1. The quantitative estimate of drug-likeness (QED) is 0.643. The fourth-order valence-corrected chi connectivity index (χ4v) is 3.76. The first-order valence-electron chi connectivity index (χ1n) is 8.15. The molecule has 0 aromatic heterocycles. The Balaban J connectivity index is 1.69. The third-order valence-electron chi connectivity index (χ3n) is 4.76. The Morgan fingerprint density at radius 2 is 1.83 bits per heavy atom. The average molecular weight is 350 g/mol. The van der Waals surface area contributed by atoms with Gasteiger partial charge in [-0.15, -0.1) is 0 Å². The molecule has 1 saturated heterocycles. The molecule has 1 N–H and O–H groups in total. The predicted molar refractivity (Wildman–Crippen MR) is 90.7 cm³/mol. The maximum atomic E-state index is 12.5. The summed E-state index contributed by atoms with van der Waals surface area (Å²) in [7, 11) is 3.58. The molecule has 1 unspecified atom stereocenters. The molecular formula is C18H22ClN2O3+. The van der Waals surface area contributed by atoms with Crippen LogP contribution in [0.15, 0.2) is 30.4 Å². The van der Waals surface area contributed by atoms with Gasteiger partial charge in [0.05, 0.1) is 26.0 Å². The summed E-state index contributed by atoms with van der Waals surface area (Å²) in [6, 6.07) is 5.48. The highest BCUT2D eigenvalue weighted by atomic mass is 35.5. The van der Waals surface area contributed by atoms with Gasteiger partial charge in [0.2, 0.25) is 11.8 Å². The van der Waals surface area contributed by atoms with Crippen LogP contribution in [0.25, 0.3) is 0 Å². The zero-order chi connectivity index (χ0) is 17.3. The van der Waals surface area contributed by atoms with E-state index in [1.807, 2.05) is 31.3 Å². The van der Waals surface area contributed by atoms with E-state index in [4.69, 9.17) is 16.3 Å². The maximum Gasteiger partial charge on any atom is 0.237 e. The molecule has 2 amide bonds. The molecule has 3 atom stereocenters. The van der Waals surface area contributed by atoms with Crippen LogP contribution in [0.1, 0.15) is 18.4 Å². The van der Waals surface area contributed by atoms with Gasteiger partial charge in [-0.1, -0.05) is 23.8 Å². The molecule has 0 radical (unpaired) electrons. The summed E-state index contributed by atoms with van der Waals surface area (Å²) in [6.07, 6.45) is 5.35. The van der Waals surface area contributed by atoms with Gasteiger partial charge in [0.1, 0.15) is 12.3 Å². The van der Waals surface area contributed by atoms with Gasteiger partial charge in [0, 0.05) is 10.6 Å². The van der Waals surface area contributed by atoms with Crippen LogP contribution in [0, 0.1) is 11.8 Å². The van der Waals surface area contributed by atoms with Crippen molar-refractivity contribution in [2.45, 2.75) is 19.4 Å². The third-order valence-corrected chi connectivity index (χ3v) is 5.00. The van der Waals surface area contributed by atoms with Crippen molar-refractivity contribution in [1.29, 1.82) is 0 Å². The summed E-state index contributed by atoms with van der Waals surface area (Å²) in [4.78, 5) is 27.5. The van der Waals surface area contributed by atoms with Crippen molar-refractivity contribution < 1.29 is 19.2 Å². The van der Waals surface area contributed by atoms with Crippen LogP contribution < -0.4 is 9.64 Å². The van der Waals surface area contributed by atoms with Crippen LogP contribution in [0.2, 0.25) is 5.02 Å². The lowest BCUT2D eigenvalue weighted by Gasteiger charge is -2.21. The Labute approximate surface area is 146 Å².